The number of amides is 1. The standard InChI is InChI=1S/C16H21N3O2S.ClH/c1-16(17)7-3-2-5-12(16)14(20)18-9-11-10-21-15(19-11)13-6-4-8-22-13;/h4,6,8,10,12H,2-3,5,7,9,17H2,1H3,(H,18,20);1H. The largest absolute Gasteiger partial charge is 0.443 e. The molecule has 1 aliphatic rings. The van der Waals surface area contributed by atoms with E-state index in [-0.39, 0.29) is 24.2 Å². The number of nitrogens with one attached hydrogen (secondary N) is 1. The first-order valence-electron chi connectivity index (χ1n) is 7.61. The summed E-state index contributed by atoms with van der Waals surface area (Å²) in [5, 5.41) is 4.92. The van der Waals surface area contributed by atoms with Crippen LogP contribution in [-0.4, -0.2) is 16.4 Å². The maximum Gasteiger partial charge on any atom is 0.236 e. The number of nitrogens with zero attached hydrogens (tertiary/aromatic N) is 1. The molecule has 0 radical (unpaired) electrons. The number of hydrogen-bond acceptors (Lipinski definition) is 5. The van der Waals surface area contributed by atoms with Gasteiger partial charge in [-0.3, -0.25) is 4.79 Å². The fourth-order valence-electron chi connectivity index (χ4n) is 2.99. The second kappa shape index (κ2) is 7.47. The Morgan fingerprint density at radius 2 is 2.39 bits per heavy atom. The first-order chi connectivity index (χ1) is 10.6. The van der Waals surface area contributed by atoms with Gasteiger partial charge in [-0.1, -0.05) is 18.9 Å². The molecule has 1 fully saturated rings. The second-order valence-electron chi connectivity index (χ2n) is 6.14. The van der Waals surface area contributed by atoms with Crippen LogP contribution in [0.1, 0.15) is 38.3 Å². The molecule has 3 rings (SSSR count). The van der Waals surface area contributed by atoms with Crippen LogP contribution in [0, 0.1) is 5.92 Å². The van der Waals surface area contributed by atoms with Crippen LogP contribution in [0.3, 0.4) is 0 Å². The van der Waals surface area contributed by atoms with Crippen molar-refractivity contribution in [2.24, 2.45) is 11.7 Å². The fourth-order valence-corrected chi connectivity index (χ4v) is 3.65. The molecule has 5 nitrogen and oxygen atoms in total. The first kappa shape index (κ1) is 18.0. The molecule has 2 unspecified atom stereocenters. The van der Waals surface area contributed by atoms with Gasteiger partial charge in [-0.2, -0.15) is 0 Å². The van der Waals surface area contributed by atoms with Gasteiger partial charge in [0, 0.05) is 5.54 Å². The van der Waals surface area contributed by atoms with E-state index in [0.29, 0.717) is 12.4 Å². The van der Waals surface area contributed by atoms with Gasteiger partial charge in [-0.25, -0.2) is 4.98 Å². The number of carbonyl (C=O) groups excluding carboxylic acids is 1. The SMILES string of the molecule is CC1(N)CCCCC1C(=O)NCc1coc(-c2cccs2)n1.Cl. The van der Waals surface area contributed by atoms with Crippen LogP contribution in [0.2, 0.25) is 0 Å². The number of thiophene rings is 1. The van der Waals surface area contributed by atoms with E-state index in [1.54, 1.807) is 17.6 Å². The summed E-state index contributed by atoms with van der Waals surface area (Å²) in [4.78, 5) is 17.8. The van der Waals surface area contributed by atoms with Crippen molar-refractivity contribution in [1.82, 2.24) is 10.3 Å². The molecule has 3 N–H and O–H groups in total. The Morgan fingerprint density at radius 1 is 1.57 bits per heavy atom. The van der Waals surface area contributed by atoms with Gasteiger partial charge in [-0.15, -0.1) is 23.7 Å². The monoisotopic (exact) mass is 355 g/mol. The molecule has 126 valence electrons. The Balaban J connectivity index is 0.00000192. The number of aromatic nitrogens is 1. The van der Waals surface area contributed by atoms with Crippen LogP contribution in [-0.2, 0) is 11.3 Å². The fraction of sp³-hybridized carbons (Fsp3) is 0.500. The van der Waals surface area contributed by atoms with Crippen LogP contribution < -0.4 is 11.1 Å². The Hall–Kier alpha value is -1.37. The minimum absolute atomic E-state index is 0. The van der Waals surface area contributed by atoms with Crippen molar-refractivity contribution in [3.8, 4) is 10.8 Å². The Morgan fingerprint density at radius 3 is 3.09 bits per heavy atom. The summed E-state index contributed by atoms with van der Waals surface area (Å²) in [6, 6.07) is 3.91. The Bertz CT molecular complexity index is 640. The summed E-state index contributed by atoms with van der Waals surface area (Å²) in [6.45, 7) is 2.35. The first-order valence-corrected chi connectivity index (χ1v) is 8.49. The van der Waals surface area contributed by atoms with Gasteiger partial charge in [0.05, 0.1) is 23.0 Å². The summed E-state index contributed by atoms with van der Waals surface area (Å²) < 4.78 is 5.45. The lowest BCUT2D eigenvalue weighted by atomic mass is 9.74. The van der Waals surface area contributed by atoms with Gasteiger partial charge in [0.2, 0.25) is 11.8 Å². The van der Waals surface area contributed by atoms with Crippen molar-refractivity contribution in [3.05, 3.63) is 29.5 Å². The number of rotatable bonds is 4. The lowest BCUT2D eigenvalue weighted by molar-refractivity contribution is -0.128. The predicted octanol–water partition coefficient (Wildman–Crippen LogP) is 3.35. The van der Waals surface area contributed by atoms with Gasteiger partial charge in [0.15, 0.2) is 0 Å². The third-order valence-corrected chi connectivity index (χ3v) is 5.16. The predicted molar refractivity (Wildman–Crippen MR) is 93.5 cm³/mol. The van der Waals surface area contributed by atoms with E-state index < -0.39 is 5.54 Å². The average molecular weight is 356 g/mol. The van der Waals surface area contributed by atoms with E-state index in [1.807, 2.05) is 24.4 Å². The minimum atomic E-state index is -0.408. The summed E-state index contributed by atoms with van der Waals surface area (Å²) in [5.74, 6) is 0.496. The summed E-state index contributed by atoms with van der Waals surface area (Å²) in [5.41, 5.74) is 6.59. The van der Waals surface area contributed by atoms with Crippen LogP contribution in [0.25, 0.3) is 10.8 Å². The van der Waals surface area contributed by atoms with E-state index in [9.17, 15) is 4.79 Å². The van der Waals surface area contributed by atoms with Gasteiger partial charge < -0.3 is 15.5 Å². The Labute approximate surface area is 146 Å². The zero-order valence-electron chi connectivity index (χ0n) is 13.1. The highest BCUT2D eigenvalue weighted by Gasteiger charge is 2.37. The molecule has 0 aliphatic heterocycles. The van der Waals surface area contributed by atoms with Crippen molar-refractivity contribution >= 4 is 29.7 Å². The van der Waals surface area contributed by atoms with E-state index in [1.165, 1.54) is 0 Å². The molecule has 0 bridgehead atoms. The van der Waals surface area contributed by atoms with E-state index in [4.69, 9.17) is 10.2 Å². The molecule has 2 aromatic heterocycles. The highest BCUT2D eigenvalue weighted by atomic mass is 35.5. The smallest absolute Gasteiger partial charge is 0.236 e. The van der Waals surface area contributed by atoms with Crippen molar-refractivity contribution in [2.45, 2.75) is 44.7 Å². The minimum Gasteiger partial charge on any atom is -0.443 e. The van der Waals surface area contributed by atoms with Crippen molar-refractivity contribution in [3.63, 3.8) is 0 Å². The molecule has 1 amide bonds. The molecule has 0 saturated heterocycles. The summed E-state index contributed by atoms with van der Waals surface area (Å²) >= 11 is 1.58. The van der Waals surface area contributed by atoms with Crippen LogP contribution in [0.15, 0.2) is 28.2 Å². The normalized spacial score (nSPS) is 24.0. The van der Waals surface area contributed by atoms with Crippen molar-refractivity contribution in [2.75, 3.05) is 0 Å². The molecular weight excluding hydrogens is 334 g/mol. The van der Waals surface area contributed by atoms with Gasteiger partial charge in [-0.05, 0) is 31.2 Å². The molecule has 2 heterocycles. The molecule has 23 heavy (non-hydrogen) atoms. The van der Waals surface area contributed by atoms with Gasteiger partial charge in [0.1, 0.15) is 6.26 Å². The highest BCUT2D eigenvalue weighted by Crippen LogP contribution is 2.31. The number of hydrogen-bond donors (Lipinski definition) is 2. The maximum absolute atomic E-state index is 12.4. The number of halogens is 1. The maximum atomic E-state index is 12.4. The second-order valence-corrected chi connectivity index (χ2v) is 7.09. The number of oxazole rings is 1. The van der Waals surface area contributed by atoms with Crippen molar-refractivity contribution in [1.29, 1.82) is 0 Å². The summed E-state index contributed by atoms with van der Waals surface area (Å²) in [6.07, 6.45) is 5.52. The van der Waals surface area contributed by atoms with Crippen LogP contribution in [0.4, 0.5) is 0 Å². The van der Waals surface area contributed by atoms with E-state index in [2.05, 4.69) is 10.3 Å². The quantitative estimate of drug-likeness (QED) is 0.881. The molecular formula is C16H22ClN3O2S. The van der Waals surface area contributed by atoms with Gasteiger partial charge >= 0.3 is 0 Å². The topological polar surface area (TPSA) is 81.2 Å². The number of nitrogens with two attached hydrogens (primary N) is 1. The molecule has 1 aliphatic carbocycles. The molecule has 0 aromatic carbocycles. The molecule has 2 atom stereocenters. The summed E-state index contributed by atoms with van der Waals surface area (Å²) in [7, 11) is 0. The van der Waals surface area contributed by atoms with E-state index >= 15 is 0 Å². The lowest BCUT2D eigenvalue weighted by Crippen LogP contribution is -2.52. The van der Waals surface area contributed by atoms with E-state index in [0.717, 1.165) is 36.3 Å². The highest BCUT2D eigenvalue weighted by molar-refractivity contribution is 7.13. The molecule has 1 saturated carbocycles. The molecule has 0 spiro atoms. The Kier molecular flexibility index (Phi) is 5.84. The number of carbonyl (C=O) groups is 1. The average Bonchev–Trinajstić information content (AvgIpc) is 3.15. The lowest BCUT2D eigenvalue weighted by Gasteiger charge is -2.37. The molecule has 2 aromatic rings. The van der Waals surface area contributed by atoms with Crippen molar-refractivity contribution < 1.29 is 9.21 Å². The van der Waals surface area contributed by atoms with Gasteiger partial charge in [0.25, 0.3) is 0 Å². The van der Waals surface area contributed by atoms with Crippen LogP contribution >= 0.6 is 23.7 Å². The third-order valence-electron chi connectivity index (χ3n) is 4.30. The zero-order valence-corrected chi connectivity index (χ0v) is 14.7. The van der Waals surface area contributed by atoms with Crippen LogP contribution in [0.5, 0.6) is 0 Å². The third kappa shape index (κ3) is 4.13. The zero-order chi connectivity index (χ0) is 15.6. The molecule has 7 heteroatoms.